The highest BCUT2D eigenvalue weighted by molar-refractivity contribution is 7.98. The number of amides is 3. The molecule has 0 radical (unpaired) electrons. The number of para-hydroxylation sites is 1. The van der Waals surface area contributed by atoms with E-state index in [0.717, 1.165) is 16.5 Å². The molecule has 208 valence electrons. The van der Waals surface area contributed by atoms with Crippen molar-refractivity contribution in [3.63, 3.8) is 0 Å². The molecular formula is C24H36N8O5S. The molecule has 1 heterocycles. The predicted molar refractivity (Wildman–Crippen MR) is 147 cm³/mol. The summed E-state index contributed by atoms with van der Waals surface area (Å²) in [5, 5.41) is 17.5. The fourth-order valence-electron chi connectivity index (χ4n) is 3.72. The van der Waals surface area contributed by atoms with Gasteiger partial charge in [0, 0.05) is 30.1 Å². The molecule has 1 aromatic carbocycles. The summed E-state index contributed by atoms with van der Waals surface area (Å²) in [7, 11) is 0. The van der Waals surface area contributed by atoms with Gasteiger partial charge < -0.3 is 43.2 Å². The highest BCUT2D eigenvalue weighted by Gasteiger charge is 2.28. The summed E-state index contributed by atoms with van der Waals surface area (Å²) in [5.41, 5.74) is 18.2. The van der Waals surface area contributed by atoms with Gasteiger partial charge in [0.15, 0.2) is 5.96 Å². The Morgan fingerprint density at radius 2 is 1.76 bits per heavy atom. The van der Waals surface area contributed by atoms with E-state index in [-0.39, 0.29) is 12.4 Å². The molecule has 14 heteroatoms. The number of carboxylic acids is 1. The third kappa shape index (κ3) is 9.94. The number of aromatic nitrogens is 1. The van der Waals surface area contributed by atoms with Crippen LogP contribution in [0.25, 0.3) is 10.9 Å². The van der Waals surface area contributed by atoms with Gasteiger partial charge in [0.25, 0.3) is 0 Å². The van der Waals surface area contributed by atoms with Gasteiger partial charge in [-0.05, 0) is 42.9 Å². The summed E-state index contributed by atoms with van der Waals surface area (Å²) in [6.45, 7) is -0.277. The third-order valence-corrected chi connectivity index (χ3v) is 6.34. The number of carbonyl (C=O) groups excluding carboxylic acids is 3. The van der Waals surface area contributed by atoms with Gasteiger partial charge in [0.2, 0.25) is 17.7 Å². The van der Waals surface area contributed by atoms with E-state index in [4.69, 9.17) is 22.3 Å². The highest BCUT2D eigenvalue weighted by Crippen LogP contribution is 2.19. The van der Waals surface area contributed by atoms with Crippen molar-refractivity contribution >= 4 is 52.3 Å². The molecule has 1 aromatic heterocycles. The van der Waals surface area contributed by atoms with Crippen molar-refractivity contribution in [1.82, 2.24) is 20.9 Å². The number of benzene rings is 1. The standard InChI is InChI=1S/C24H36N8O5S/c1-38-10-8-18(31-21(35)16(25)6-4-9-28-24(26)27)23(37)32-19(22(36)30-13-20(33)34)11-14-12-29-17-7-3-2-5-15(14)17/h2-3,5,7,12,16,18-19,29H,4,6,8-11,13,25H2,1H3,(H,30,36)(H,31,35)(H,32,37)(H,33,34)(H4,26,27,28). The molecule has 0 aliphatic rings. The van der Waals surface area contributed by atoms with E-state index in [0.29, 0.717) is 31.6 Å². The average Bonchev–Trinajstić information content (AvgIpc) is 3.29. The van der Waals surface area contributed by atoms with Gasteiger partial charge in [-0.3, -0.25) is 24.2 Å². The summed E-state index contributed by atoms with van der Waals surface area (Å²) in [4.78, 5) is 56.8. The molecule has 0 fully saturated rings. The number of fused-ring (bicyclic) bond motifs is 1. The molecule has 3 atom stereocenters. The lowest BCUT2D eigenvalue weighted by Gasteiger charge is -2.24. The molecule has 0 bridgehead atoms. The summed E-state index contributed by atoms with van der Waals surface area (Å²) in [6, 6.07) is 4.57. The third-order valence-electron chi connectivity index (χ3n) is 5.69. The Balaban J connectivity index is 2.14. The van der Waals surface area contributed by atoms with Crippen LogP contribution in [0.4, 0.5) is 0 Å². The number of rotatable bonds is 16. The van der Waals surface area contributed by atoms with Crippen LogP contribution in [0, 0.1) is 0 Å². The maximum absolute atomic E-state index is 13.3. The number of guanidine groups is 1. The second kappa shape index (κ2) is 15.5. The lowest BCUT2D eigenvalue weighted by molar-refractivity contribution is -0.138. The van der Waals surface area contributed by atoms with Crippen LogP contribution in [0.1, 0.15) is 24.8 Å². The molecule has 38 heavy (non-hydrogen) atoms. The van der Waals surface area contributed by atoms with Crippen LogP contribution in [0.15, 0.2) is 35.5 Å². The Morgan fingerprint density at radius 1 is 1.05 bits per heavy atom. The normalized spacial score (nSPS) is 13.2. The quantitative estimate of drug-likeness (QED) is 0.0730. The number of nitrogens with two attached hydrogens (primary N) is 3. The van der Waals surface area contributed by atoms with Crippen molar-refractivity contribution in [2.45, 2.75) is 43.8 Å². The number of nitrogens with zero attached hydrogens (tertiary/aromatic N) is 1. The minimum absolute atomic E-state index is 0.0496. The van der Waals surface area contributed by atoms with E-state index < -0.39 is 48.4 Å². The van der Waals surface area contributed by atoms with Gasteiger partial charge in [0.05, 0.1) is 6.04 Å². The molecule has 0 aliphatic carbocycles. The fourth-order valence-corrected chi connectivity index (χ4v) is 4.19. The molecule has 0 aliphatic heterocycles. The number of thioether (sulfide) groups is 1. The molecule has 3 unspecified atom stereocenters. The topological polar surface area (TPSA) is 231 Å². The number of H-pyrrole nitrogens is 1. The molecule has 3 amide bonds. The van der Waals surface area contributed by atoms with Crippen LogP contribution in [-0.2, 0) is 25.6 Å². The van der Waals surface area contributed by atoms with Crippen LogP contribution < -0.4 is 33.2 Å². The van der Waals surface area contributed by atoms with Crippen molar-refractivity contribution < 1.29 is 24.3 Å². The van der Waals surface area contributed by atoms with Gasteiger partial charge in [0.1, 0.15) is 18.6 Å². The van der Waals surface area contributed by atoms with E-state index in [1.807, 2.05) is 30.5 Å². The Kier molecular flexibility index (Phi) is 12.4. The average molecular weight is 549 g/mol. The SMILES string of the molecule is CSCCC(NC(=O)C(N)CCCN=C(N)N)C(=O)NC(Cc1c[nH]c2ccccc12)C(=O)NCC(=O)O. The van der Waals surface area contributed by atoms with E-state index in [2.05, 4.69) is 25.9 Å². The fraction of sp³-hybridized carbons (Fsp3) is 0.458. The number of aromatic amines is 1. The second-order valence-electron chi connectivity index (χ2n) is 8.63. The van der Waals surface area contributed by atoms with Crippen molar-refractivity contribution in [3.05, 3.63) is 36.0 Å². The van der Waals surface area contributed by atoms with Crippen molar-refractivity contribution in [3.8, 4) is 0 Å². The van der Waals surface area contributed by atoms with Gasteiger partial charge in [-0.2, -0.15) is 11.8 Å². The smallest absolute Gasteiger partial charge is 0.322 e. The van der Waals surface area contributed by atoms with Gasteiger partial charge in [-0.1, -0.05) is 18.2 Å². The zero-order chi connectivity index (χ0) is 28.1. The van der Waals surface area contributed by atoms with Crippen LogP contribution in [-0.4, -0.2) is 83.0 Å². The van der Waals surface area contributed by atoms with Gasteiger partial charge in [-0.25, -0.2) is 0 Å². The number of aliphatic imine (C=N–C) groups is 1. The number of carboxylic acid groups (broad SMARTS) is 1. The van der Waals surface area contributed by atoms with Gasteiger partial charge in [-0.15, -0.1) is 0 Å². The van der Waals surface area contributed by atoms with E-state index in [1.54, 1.807) is 6.20 Å². The molecule has 0 saturated heterocycles. The molecule has 11 N–H and O–H groups in total. The maximum Gasteiger partial charge on any atom is 0.322 e. The monoisotopic (exact) mass is 548 g/mol. The number of hydrogen-bond acceptors (Lipinski definition) is 7. The summed E-state index contributed by atoms with van der Waals surface area (Å²) >= 11 is 1.49. The zero-order valence-electron chi connectivity index (χ0n) is 21.2. The lowest BCUT2D eigenvalue weighted by atomic mass is 10.0. The number of hydrogen-bond donors (Lipinski definition) is 8. The van der Waals surface area contributed by atoms with E-state index in [9.17, 15) is 19.2 Å². The highest BCUT2D eigenvalue weighted by atomic mass is 32.2. The summed E-state index contributed by atoms with van der Waals surface area (Å²) in [6.07, 6.45) is 4.80. The Morgan fingerprint density at radius 3 is 2.45 bits per heavy atom. The zero-order valence-corrected chi connectivity index (χ0v) is 22.1. The van der Waals surface area contributed by atoms with Crippen molar-refractivity contribution in [2.75, 3.05) is 25.1 Å². The molecule has 2 rings (SSSR count). The largest absolute Gasteiger partial charge is 0.480 e. The Labute approximate surface area is 224 Å². The van der Waals surface area contributed by atoms with Crippen LogP contribution in [0.2, 0.25) is 0 Å². The van der Waals surface area contributed by atoms with Crippen LogP contribution >= 0.6 is 11.8 Å². The Bertz CT molecular complexity index is 1130. The first-order valence-electron chi connectivity index (χ1n) is 12.1. The minimum Gasteiger partial charge on any atom is -0.480 e. The molecule has 13 nitrogen and oxygen atoms in total. The van der Waals surface area contributed by atoms with Crippen LogP contribution in [0.3, 0.4) is 0 Å². The van der Waals surface area contributed by atoms with Crippen molar-refractivity contribution in [2.24, 2.45) is 22.2 Å². The first-order valence-corrected chi connectivity index (χ1v) is 13.5. The second-order valence-corrected chi connectivity index (χ2v) is 9.62. The lowest BCUT2D eigenvalue weighted by Crippen LogP contribution is -2.56. The first-order chi connectivity index (χ1) is 18.1. The maximum atomic E-state index is 13.3. The van der Waals surface area contributed by atoms with E-state index >= 15 is 0 Å². The molecule has 0 spiro atoms. The Hall–Kier alpha value is -3.78. The number of aliphatic carboxylic acids is 1. The summed E-state index contributed by atoms with van der Waals surface area (Å²) < 4.78 is 0. The molecular weight excluding hydrogens is 512 g/mol. The number of nitrogens with one attached hydrogen (secondary N) is 4. The van der Waals surface area contributed by atoms with Gasteiger partial charge >= 0.3 is 5.97 Å². The summed E-state index contributed by atoms with van der Waals surface area (Å²) in [5.74, 6) is -2.44. The molecule has 2 aromatic rings. The minimum atomic E-state index is -1.21. The van der Waals surface area contributed by atoms with Crippen molar-refractivity contribution in [1.29, 1.82) is 0 Å². The number of carbonyl (C=O) groups is 4. The van der Waals surface area contributed by atoms with E-state index in [1.165, 1.54) is 11.8 Å². The molecule has 0 saturated carbocycles. The predicted octanol–water partition coefficient (Wildman–Crippen LogP) is -0.985. The van der Waals surface area contributed by atoms with Crippen LogP contribution in [0.5, 0.6) is 0 Å². The first kappa shape index (κ1) is 30.4.